The van der Waals surface area contributed by atoms with E-state index in [2.05, 4.69) is 15.6 Å². The predicted octanol–water partition coefficient (Wildman–Crippen LogP) is 1.47. The number of piperidine rings is 1. The van der Waals surface area contributed by atoms with Crippen LogP contribution in [0.15, 0.2) is 18.5 Å². The van der Waals surface area contributed by atoms with E-state index < -0.39 is 0 Å². The second-order valence-corrected chi connectivity index (χ2v) is 5.59. The summed E-state index contributed by atoms with van der Waals surface area (Å²) in [5.41, 5.74) is 1.16. The smallest absolute Gasteiger partial charge is 0.318 e. The van der Waals surface area contributed by atoms with Gasteiger partial charge in [0.05, 0.1) is 6.04 Å². The first-order valence-corrected chi connectivity index (χ1v) is 7.22. The highest BCUT2D eigenvalue weighted by atomic mass is 16.2. The summed E-state index contributed by atoms with van der Waals surface area (Å²) in [5.74, 6) is 0.729. The first kappa shape index (κ1) is 12.5. The molecule has 3 rings (SSSR count). The summed E-state index contributed by atoms with van der Waals surface area (Å²) in [6.45, 7) is 3.92. The molecule has 0 aliphatic carbocycles. The van der Waals surface area contributed by atoms with Gasteiger partial charge in [0.15, 0.2) is 0 Å². The number of hydrogen-bond donors (Lipinski definition) is 3. The van der Waals surface area contributed by atoms with E-state index >= 15 is 0 Å². The molecule has 3 heterocycles. The van der Waals surface area contributed by atoms with Crippen molar-refractivity contribution in [2.24, 2.45) is 5.92 Å². The lowest BCUT2D eigenvalue weighted by Gasteiger charge is -2.24. The summed E-state index contributed by atoms with van der Waals surface area (Å²) in [7, 11) is 0. The fraction of sp³-hybridized carbons (Fsp3) is 0.643. The van der Waals surface area contributed by atoms with E-state index in [1.54, 1.807) is 0 Å². The molecule has 104 valence electrons. The van der Waals surface area contributed by atoms with E-state index in [1.165, 1.54) is 12.8 Å². The molecule has 1 aromatic rings. The van der Waals surface area contributed by atoms with Crippen LogP contribution >= 0.6 is 0 Å². The molecule has 0 bridgehead atoms. The Labute approximate surface area is 113 Å². The molecule has 0 aromatic carbocycles. The van der Waals surface area contributed by atoms with Crippen LogP contribution in [-0.2, 0) is 0 Å². The van der Waals surface area contributed by atoms with Crippen LogP contribution in [0.5, 0.6) is 0 Å². The maximum absolute atomic E-state index is 11.9. The summed E-state index contributed by atoms with van der Waals surface area (Å²) in [6, 6.07) is 2.25. The molecule has 19 heavy (non-hydrogen) atoms. The maximum atomic E-state index is 11.9. The highest BCUT2D eigenvalue weighted by Gasteiger charge is 2.30. The van der Waals surface area contributed by atoms with E-state index in [0.717, 1.165) is 44.1 Å². The largest absolute Gasteiger partial charge is 0.367 e. The van der Waals surface area contributed by atoms with Crippen LogP contribution in [0.4, 0.5) is 4.79 Å². The van der Waals surface area contributed by atoms with E-state index in [1.807, 2.05) is 23.4 Å². The zero-order chi connectivity index (χ0) is 13.1. The van der Waals surface area contributed by atoms with E-state index in [0.29, 0.717) is 0 Å². The molecule has 2 saturated heterocycles. The fourth-order valence-electron chi connectivity index (χ4n) is 3.03. The number of rotatable bonds is 4. The Morgan fingerprint density at radius 3 is 3.11 bits per heavy atom. The molecule has 5 heteroatoms. The topological polar surface area (TPSA) is 60.2 Å². The van der Waals surface area contributed by atoms with Crippen molar-refractivity contribution in [1.82, 2.24) is 20.5 Å². The molecule has 2 unspecified atom stereocenters. The first-order valence-electron chi connectivity index (χ1n) is 7.22. The van der Waals surface area contributed by atoms with Crippen LogP contribution in [-0.4, -0.2) is 42.1 Å². The standard InChI is InChI=1S/C14H22N4O/c19-14-17-13(12-3-6-16-9-12)10-18(14)7-4-11-2-1-5-15-8-11/h3,6,9,11,13,15-16H,1-2,4-5,7-8,10H2,(H,17,19). The molecule has 1 aromatic heterocycles. The van der Waals surface area contributed by atoms with Crippen molar-refractivity contribution in [3.8, 4) is 0 Å². The van der Waals surface area contributed by atoms with Crippen molar-refractivity contribution < 1.29 is 4.79 Å². The van der Waals surface area contributed by atoms with E-state index in [-0.39, 0.29) is 12.1 Å². The third-order valence-corrected chi connectivity index (χ3v) is 4.22. The van der Waals surface area contributed by atoms with Crippen molar-refractivity contribution in [3.63, 3.8) is 0 Å². The minimum Gasteiger partial charge on any atom is -0.367 e. The van der Waals surface area contributed by atoms with Crippen molar-refractivity contribution >= 4 is 6.03 Å². The van der Waals surface area contributed by atoms with Gasteiger partial charge in [0.2, 0.25) is 0 Å². The molecule has 2 fully saturated rings. The second kappa shape index (κ2) is 5.65. The summed E-state index contributed by atoms with van der Waals surface area (Å²) < 4.78 is 0. The van der Waals surface area contributed by atoms with Crippen molar-refractivity contribution in [2.45, 2.75) is 25.3 Å². The molecule has 2 amide bonds. The lowest BCUT2D eigenvalue weighted by Crippen LogP contribution is -2.34. The number of urea groups is 1. The van der Waals surface area contributed by atoms with Gasteiger partial charge >= 0.3 is 6.03 Å². The molecule has 5 nitrogen and oxygen atoms in total. The molecular weight excluding hydrogens is 240 g/mol. The van der Waals surface area contributed by atoms with Gasteiger partial charge in [0, 0.05) is 25.5 Å². The Balaban J connectivity index is 1.50. The number of aromatic nitrogens is 1. The number of nitrogens with zero attached hydrogens (tertiary/aromatic N) is 1. The number of amides is 2. The fourth-order valence-corrected chi connectivity index (χ4v) is 3.03. The van der Waals surface area contributed by atoms with Gasteiger partial charge in [-0.15, -0.1) is 0 Å². The lowest BCUT2D eigenvalue weighted by atomic mass is 9.96. The highest BCUT2D eigenvalue weighted by molar-refractivity contribution is 5.77. The SMILES string of the molecule is O=C1NC(c2cc[nH]c2)CN1CCC1CCCNC1. The molecule has 3 N–H and O–H groups in total. The van der Waals surface area contributed by atoms with Crippen LogP contribution in [0.1, 0.15) is 30.9 Å². The molecule has 0 spiro atoms. The Kier molecular flexibility index (Phi) is 3.73. The zero-order valence-electron chi connectivity index (χ0n) is 11.2. The van der Waals surface area contributed by atoms with Crippen LogP contribution in [0.3, 0.4) is 0 Å². The minimum absolute atomic E-state index is 0.0787. The van der Waals surface area contributed by atoms with Crippen molar-refractivity contribution in [3.05, 3.63) is 24.0 Å². The number of carbonyl (C=O) groups is 1. The van der Waals surface area contributed by atoms with Crippen molar-refractivity contribution in [1.29, 1.82) is 0 Å². The second-order valence-electron chi connectivity index (χ2n) is 5.59. The number of carbonyl (C=O) groups excluding carboxylic acids is 1. The molecule has 2 aliphatic rings. The lowest BCUT2D eigenvalue weighted by molar-refractivity contribution is 0.211. The van der Waals surface area contributed by atoms with E-state index in [4.69, 9.17) is 0 Å². The van der Waals surface area contributed by atoms with Gasteiger partial charge in [-0.3, -0.25) is 0 Å². The summed E-state index contributed by atoms with van der Waals surface area (Å²) in [6.07, 6.45) is 7.53. The summed E-state index contributed by atoms with van der Waals surface area (Å²) in [4.78, 5) is 16.9. The van der Waals surface area contributed by atoms with Crippen LogP contribution in [0, 0.1) is 5.92 Å². The molecule has 2 atom stereocenters. The molecule has 0 radical (unpaired) electrons. The van der Waals surface area contributed by atoms with E-state index in [9.17, 15) is 4.79 Å². The Morgan fingerprint density at radius 2 is 2.37 bits per heavy atom. The van der Waals surface area contributed by atoms with Gasteiger partial charge in [-0.1, -0.05) is 0 Å². The molecular formula is C14H22N4O. The zero-order valence-corrected chi connectivity index (χ0v) is 11.2. The maximum Gasteiger partial charge on any atom is 0.318 e. The number of hydrogen-bond acceptors (Lipinski definition) is 2. The van der Waals surface area contributed by atoms with Crippen LogP contribution in [0.2, 0.25) is 0 Å². The molecule has 2 aliphatic heterocycles. The molecule has 0 saturated carbocycles. The third-order valence-electron chi connectivity index (χ3n) is 4.22. The summed E-state index contributed by atoms with van der Waals surface area (Å²) in [5, 5.41) is 6.47. The van der Waals surface area contributed by atoms with Gasteiger partial charge in [-0.25, -0.2) is 4.79 Å². The van der Waals surface area contributed by atoms with Gasteiger partial charge in [-0.05, 0) is 49.9 Å². The quantitative estimate of drug-likeness (QED) is 0.769. The number of H-pyrrole nitrogens is 1. The number of aromatic amines is 1. The highest BCUT2D eigenvalue weighted by Crippen LogP contribution is 2.21. The van der Waals surface area contributed by atoms with Gasteiger partial charge in [-0.2, -0.15) is 0 Å². The number of nitrogens with one attached hydrogen (secondary N) is 3. The average molecular weight is 262 g/mol. The van der Waals surface area contributed by atoms with Gasteiger partial charge < -0.3 is 20.5 Å². The first-order chi connectivity index (χ1) is 9.33. The predicted molar refractivity (Wildman–Crippen MR) is 73.8 cm³/mol. The van der Waals surface area contributed by atoms with Crippen LogP contribution < -0.4 is 10.6 Å². The van der Waals surface area contributed by atoms with Crippen LogP contribution in [0.25, 0.3) is 0 Å². The monoisotopic (exact) mass is 262 g/mol. The van der Waals surface area contributed by atoms with Crippen molar-refractivity contribution in [2.75, 3.05) is 26.2 Å². The Hall–Kier alpha value is -1.49. The summed E-state index contributed by atoms with van der Waals surface area (Å²) >= 11 is 0. The average Bonchev–Trinajstić information content (AvgIpc) is 3.07. The van der Waals surface area contributed by atoms with Gasteiger partial charge in [0.25, 0.3) is 0 Å². The third kappa shape index (κ3) is 2.92. The van der Waals surface area contributed by atoms with Gasteiger partial charge in [0.1, 0.15) is 0 Å². The Bertz CT molecular complexity index is 411. The normalized spacial score (nSPS) is 27.6. The minimum atomic E-state index is 0.0787. The Morgan fingerprint density at radius 1 is 1.42 bits per heavy atom.